The number of hydrogen-bond donors (Lipinski definition) is 0. The Hall–Kier alpha value is -1.79. The predicted octanol–water partition coefficient (Wildman–Crippen LogP) is 2.11. The summed E-state index contributed by atoms with van der Waals surface area (Å²) in [7, 11) is 1.25. The molecule has 1 aliphatic rings. The van der Waals surface area contributed by atoms with Crippen molar-refractivity contribution in [3.63, 3.8) is 0 Å². The monoisotopic (exact) mass is 325 g/mol. The molecule has 0 N–H and O–H groups in total. The first-order chi connectivity index (χ1) is 10.0. The topological polar surface area (TPSA) is 63.7 Å². The van der Waals surface area contributed by atoms with E-state index in [1.165, 1.54) is 29.8 Å². The van der Waals surface area contributed by atoms with E-state index in [2.05, 4.69) is 4.74 Å². The lowest BCUT2D eigenvalue weighted by Gasteiger charge is -2.16. The van der Waals surface area contributed by atoms with Gasteiger partial charge >= 0.3 is 5.97 Å². The maximum atomic E-state index is 12.2. The van der Waals surface area contributed by atoms with Crippen molar-refractivity contribution in [3.05, 3.63) is 46.0 Å². The number of benzene rings is 1. The molecule has 0 saturated carbocycles. The first kappa shape index (κ1) is 15.6. The quantitative estimate of drug-likeness (QED) is 0.482. The van der Waals surface area contributed by atoms with Crippen LogP contribution >= 0.6 is 23.4 Å². The number of halogens is 1. The molecule has 5 nitrogen and oxygen atoms in total. The van der Waals surface area contributed by atoms with Crippen LogP contribution in [0.4, 0.5) is 0 Å². The van der Waals surface area contributed by atoms with E-state index in [4.69, 9.17) is 11.6 Å². The van der Waals surface area contributed by atoms with Crippen LogP contribution in [0.15, 0.2) is 35.4 Å². The van der Waals surface area contributed by atoms with Gasteiger partial charge in [0.2, 0.25) is 5.91 Å². The van der Waals surface area contributed by atoms with Gasteiger partial charge in [-0.2, -0.15) is 0 Å². The number of carbonyl (C=O) groups excluding carboxylic acids is 3. The highest BCUT2D eigenvalue weighted by molar-refractivity contribution is 8.04. The summed E-state index contributed by atoms with van der Waals surface area (Å²) in [5.74, 6) is -0.885. The molecule has 1 fully saturated rings. The minimum Gasteiger partial charge on any atom is -0.466 e. The lowest BCUT2D eigenvalue weighted by Crippen LogP contribution is -2.31. The van der Waals surface area contributed by atoms with Crippen molar-refractivity contribution in [2.45, 2.75) is 0 Å². The second kappa shape index (κ2) is 6.78. The first-order valence-electron chi connectivity index (χ1n) is 6.03. The Labute approximate surface area is 130 Å². The summed E-state index contributed by atoms with van der Waals surface area (Å²) in [6.45, 7) is -0.154. The van der Waals surface area contributed by atoms with Crippen molar-refractivity contribution in [3.8, 4) is 0 Å². The van der Waals surface area contributed by atoms with Crippen LogP contribution < -0.4 is 0 Å². The van der Waals surface area contributed by atoms with Gasteiger partial charge in [-0.05, 0) is 12.1 Å². The number of methoxy groups -OCH3 is 1. The molecule has 1 saturated heterocycles. The van der Waals surface area contributed by atoms with E-state index in [1.807, 2.05) is 0 Å². The SMILES string of the molecule is COC(=O)C=C1SCC(=O)N1CC(=O)c1ccccc1Cl. The van der Waals surface area contributed by atoms with Gasteiger partial charge in [-0.3, -0.25) is 14.5 Å². The van der Waals surface area contributed by atoms with Crippen molar-refractivity contribution in [2.75, 3.05) is 19.4 Å². The fourth-order valence-corrected chi connectivity index (χ4v) is 2.95. The van der Waals surface area contributed by atoms with Crippen molar-refractivity contribution in [1.82, 2.24) is 4.90 Å². The largest absolute Gasteiger partial charge is 0.466 e. The molecule has 1 aromatic carbocycles. The number of nitrogens with zero attached hydrogens (tertiary/aromatic N) is 1. The number of hydrogen-bond acceptors (Lipinski definition) is 5. The zero-order chi connectivity index (χ0) is 15.4. The molecular weight excluding hydrogens is 314 g/mol. The second-order valence-corrected chi connectivity index (χ2v) is 5.58. The Morgan fingerprint density at radius 2 is 2.14 bits per heavy atom. The summed E-state index contributed by atoms with van der Waals surface area (Å²) < 4.78 is 4.53. The number of ketones is 1. The molecule has 1 aromatic rings. The van der Waals surface area contributed by atoms with Crippen molar-refractivity contribution < 1.29 is 19.1 Å². The normalized spacial score (nSPS) is 16.4. The zero-order valence-corrected chi connectivity index (χ0v) is 12.7. The van der Waals surface area contributed by atoms with E-state index in [0.717, 1.165) is 0 Å². The third kappa shape index (κ3) is 3.65. The fraction of sp³-hybridized carbons (Fsp3) is 0.214. The van der Waals surface area contributed by atoms with Crippen LogP contribution in [-0.2, 0) is 14.3 Å². The van der Waals surface area contributed by atoms with Crippen LogP contribution in [0.2, 0.25) is 5.02 Å². The van der Waals surface area contributed by atoms with E-state index >= 15 is 0 Å². The van der Waals surface area contributed by atoms with Crippen LogP contribution in [0.3, 0.4) is 0 Å². The molecule has 110 valence electrons. The number of Topliss-reactive ketones (excluding diaryl/α,β-unsaturated/α-hetero) is 1. The van der Waals surface area contributed by atoms with Crippen LogP contribution in [-0.4, -0.2) is 42.0 Å². The highest BCUT2D eigenvalue weighted by atomic mass is 35.5. The zero-order valence-electron chi connectivity index (χ0n) is 11.2. The van der Waals surface area contributed by atoms with Gasteiger partial charge in [-0.1, -0.05) is 35.5 Å². The summed E-state index contributed by atoms with van der Waals surface area (Å²) in [6.07, 6.45) is 1.20. The van der Waals surface area contributed by atoms with Crippen molar-refractivity contribution >= 4 is 41.0 Å². The number of rotatable bonds is 4. The van der Waals surface area contributed by atoms with Crippen LogP contribution in [0.5, 0.6) is 0 Å². The van der Waals surface area contributed by atoms with Gasteiger partial charge in [0.15, 0.2) is 5.78 Å². The van der Waals surface area contributed by atoms with Gasteiger partial charge in [0.1, 0.15) is 0 Å². The number of thioether (sulfide) groups is 1. The predicted molar refractivity (Wildman–Crippen MR) is 80.1 cm³/mol. The molecule has 1 amide bonds. The van der Waals surface area contributed by atoms with Crippen molar-refractivity contribution in [1.29, 1.82) is 0 Å². The van der Waals surface area contributed by atoms with Crippen LogP contribution in [0.1, 0.15) is 10.4 Å². The Bertz CT molecular complexity index is 629. The molecule has 0 aliphatic carbocycles. The molecule has 0 unspecified atom stereocenters. The summed E-state index contributed by atoms with van der Waals surface area (Å²) in [5, 5.41) is 0.743. The first-order valence-corrected chi connectivity index (χ1v) is 7.40. The molecule has 0 bridgehead atoms. The van der Waals surface area contributed by atoms with E-state index in [9.17, 15) is 14.4 Å². The van der Waals surface area contributed by atoms with Gasteiger partial charge in [0.25, 0.3) is 0 Å². The Kier molecular flexibility index (Phi) is 5.03. The van der Waals surface area contributed by atoms with E-state index < -0.39 is 5.97 Å². The van der Waals surface area contributed by atoms with Crippen molar-refractivity contribution in [2.24, 2.45) is 0 Å². The fourth-order valence-electron chi connectivity index (χ4n) is 1.78. The molecule has 1 aliphatic heterocycles. The third-order valence-corrected chi connectivity index (χ3v) is 4.18. The highest BCUT2D eigenvalue weighted by Crippen LogP contribution is 2.29. The molecule has 0 spiro atoms. The Morgan fingerprint density at radius 1 is 1.43 bits per heavy atom. The number of ether oxygens (including phenoxy) is 1. The van der Waals surface area contributed by atoms with Gasteiger partial charge in [0.05, 0.1) is 35.5 Å². The third-order valence-electron chi connectivity index (χ3n) is 2.83. The summed E-state index contributed by atoms with van der Waals surface area (Å²) in [6, 6.07) is 6.63. The molecular formula is C14H12ClNO4S. The number of carbonyl (C=O) groups is 3. The smallest absolute Gasteiger partial charge is 0.333 e. The molecule has 2 rings (SSSR count). The van der Waals surface area contributed by atoms with Gasteiger partial charge < -0.3 is 4.74 Å². The number of esters is 1. The van der Waals surface area contributed by atoms with Crippen LogP contribution in [0, 0.1) is 0 Å². The molecule has 0 radical (unpaired) electrons. The second-order valence-electron chi connectivity index (χ2n) is 4.18. The molecule has 1 heterocycles. The molecule has 7 heteroatoms. The standard InChI is InChI=1S/C14H12ClNO4S/c1-20-14(19)6-13-16(12(18)8-21-13)7-11(17)9-4-2-3-5-10(9)15/h2-6H,7-8H2,1H3. The maximum absolute atomic E-state index is 12.2. The van der Waals surface area contributed by atoms with E-state index in [-0.39, 0.29) is 24.0 Å². The molecule has 21 heavy (non-hydrogen) atoms. The number of amides is 1. The van der Waals surface area contributed by atoms with Gasteiger partial charge in [-0.15, -0.1) is 0 Å². The summed E-state index contributed by atoms with van der Waals surface area (Å²) in [4.78, 5) is 36.6. The highest BCUT2D eigenvalue weighted by Gasteiger charge is 2.29. The van der Waals surface area contributed by atoms with Gasteiger partial charge in [0, 0.05) is 5.56 Å². The van der Waals surface area contributed by atoms with E-state index in [1.54, 1.807) is 24.3 Å². The lowest BCUT2D eigenvalue weighted by atomic mass is 10.1. The Morgan fingerprint density at radius 3 is 2.81 bits per heavy atom. The maximum Gasteiger partial charge on any atom is 0.333 e. The average molecular weight is 326 g/mol. The summed E-state index contributed by atoms with van der Waals surface area (Å²) >= 11 is 7.16. The Balaban J connectivity index is 2.18. The lowest BCUT2D eigenvalue weighted by molar-refractivity contribution is -0.134. The van der Waals surface area contributed by atoms with Gasteiger partial charge in [-0.25, -0.2) is 4.79 Å². The molecule has 0 atom stereocenters. The van der Waals surface area contributed by atoms with Crippen LogP contribution in [0.25, 0.3) is 0 Å². The minimum absolute atomic E-state index is 0.154. The summed E-state index contributed by atoms with van der Waals surface area (Å²) in [5.41, 5.74) is 0.348. The van der Waals surface area contributed by atoms with E-state index in [0.29, 0.717) is 15.6 Å². The minimum atomic E-state index is -0.567. The molecule has 0 aromatic heterocycles. The average Bonchev–Trinajstić information content (AvgIpc) is 2.80.